The van der Waals surface area contributed by atoms with Gasteiger partial charge in [-0.15, -0.1) is 0 Å². The summed E-state index contributed by atoms with van der Waals surface area (Å²) in [6.07, 6.45) is 3.07. The third kappa shape index (κ3) is 8.56. The van der Waals surface area contributed by atoms with Gasteiger partial charge in [0.25, 0.3) is 0 Å². The number of sulfonamides is 1. The number of likely N-dealkylation sites (N-methyl/N-ethyl adjacent to an activating group) is 1. The second kappa shape index (κ2) is 14.1. The minimum absolute atomic E-state index is 0.000861. The van der Waals surface area contributed by atoms with Crippen LogP contribution in [-0.2, 0) is 27.8 Å². The fourth-order valence-electron chi connectivity index (χ4n) is 4.18. The van der Waals surface area contributed by atoms with Crippen molar-refractivity contribution in [3.05, 3.63) is 84.4 Å². The number of aliphatic hydroxyl groups excluding tert-OH is 1. The Morgan fingerprint density at radius 2 is 1.64 bits per heavy atom. The molecule has 1 unspecified atom stereocenters. The Bertz CT molecular complexity index is 1270. The average Bonchev–Trinajstić information content (AvgIpc) is 2.94. The van der Waals surface area contributed by atoms with Gasteiger partial charge in [0.1, 0.15) is 30.8 Å². The van der Waals surface area contributed by atoms with Crippen LogP contribution in [0.5, 0.6) is 5.75 Å². The number of hydrogen-bond donors (Lipinski definition) is 2. The van der Waals surface area contributed by atoms with Crippen LogP contribution in [0.15, 0.2) is 78.2 Å². The number of carbonyl (C=O) groups excluding carboxylic acids is 1. The third-order valence-corrected chi connectivity index (χ3v) is 8.13. The first-order valence-corrected chi connectivity index (χ1v) is 14.2. The Labute approximate surface area is 230 Å². The van der Waals surface area contributed by atoms with Crippen LogP contribution in [-0.4, -0.2) is 73.3 Å². The highest BCUT2D eigenvalue weighted by Gasteiger charge is 2.37. The van der Waals surface area contributed by atoms with Crippen molar-refractivity contribution in [1.29, 1.82) is 0 Å². The second-order valence-corrected chi connectivity index (χ2v) is 11.7. The fourth-order valence-corrected chi connectivity index (χ4v) is 5.80. The summed E-state index contributed by atoms with van der Waals surface area (Å²) in [7, 11) is -0.811. The summed E-state index contributed by atoms with van der Waals surface area (Å²) >= 11 is 0. The first kappa shape index (κ1) is 30.2. The number of hydrogen-bond acceptors (Lipinski definition) is 8. The number of ether oxygens (including phenoxy) is 2. The van der Waals surface area contributed by atoms with E-state index in [1.54, 1.807) is 31.6 Å². The molecule has 1 heterocycles. The van der Waals surface area contributed by atoms with Crippen LogP contribution < -0.4 is 9.64 Å². The molecule has 3 aromatic rings. The number of nitrogens with one attached hydrogen (secondary N) is 1. The average molecular weight is 558 g/mol. The molecule has 0 fully saturated rings. The number of rotatable bonds is 13. The molecule has 39 heavy (non-hydrogen) atoms. The van der Waals surface area contributed by atoms with Crippen molar-refractivity contribution in [3.63, 3.8) is 0 Å². The van der Waals surface area contributed by atoms with E-state index < -0.39 is 28.3 Å². The molecular weight excluding hydrogens is 520 g/mol. The van der Waals surface area contributed by atoms with Gasteiger partial charge in [-0.1, -0.05) is 44.2 Å². The molecule has 0 bridgehead atoms. The summed E-state index contributed by atoms with van der Waals surface area (Å²) in [4.78, 5) is 21.3. The second-order valence-electron chi connectivity index (χ2n) is 9.76. The maximum atomic E-state index is 13.6. The van der Waals surface area contributed by atoms with E-state index in [1.165, 1.54) is 29.9 Å². The molecule has 10 nitrogen and oxygen atoms in total. The lowest BCUT2D eigenvalue weighted by Gasteiger charge is -2.31. The molecule has 0 aliphatic carbocycles. The number of nitrogens with zero attached hydrogens (tertiary/aromatic N) is 3. The molecule has 2 aromatic carbocycles. The largest absolute Gasteiger partial charge is 0.514 e. The maximum absolute atomic E-state index is 13.6. The van der Waals surface area contributed by atoms with Crippen LogP contribution in [0.2, 0.25) is 0 Å². The Hall–Kier alpha value is -3.38. The predicted molar refractivity (Wildman–Crippen MR) is 146 cm³/mol. The summed E-state index contributed by atoms with van der Waals surface area (Å²) in [5.74, 6) is 0.541. The smallest absolute Gasteiger partial charge is 0.497 e. The molecule has 0 spiro atoms. The van der Waals surface area contributed by atoms with Gasteiger partial charge in [0.2, 0.25) is 10.0 Å². The zero-order valence-corrected chi connectivity index (χ0v) is 23.5. The SMILES string of the molecule is COc1ccc(S(=O)(=O)N(CC(C)C)C[C@@H](O)[C@H](Cc2ccccc2)[NH+](C)C(=O)OCc2cncnc2)cc1. The van der Waals surface area contributed by atoms with E-state index in [0.29, 0.717) is 22.6 Å². The van der Waals surface area contributed by atoms with Gasteiger partial charge in [0.15, 0.2) is 0 Å². The lowest BCUT2D eigenvalue weighted by Crippen LogP contribution is -3.17. The van der Waals surface area contributed by atoms with E-state index in [9.17, 15) is 18.3 Å². The van der Waals surface area contributed by atoms with Crippen LogP contribution in [0.25, 0.3) is 0 Å². The van der Waals surface area contributed by atoms with Gasteiger partial charge in [-0.3, -0.25) is 0 Å². The van der Waals surface area contributed by atoms with Crippen molar-refractivity contribution < 1.29 is 32.7 Å². The summed E-state index contributed by atoms with van der Waals surface area (Å²) in [6.45, 7) is 3.80. The highest BCUT2D eigenvalue weighted by molar-refractivity contribution is 7.89. The first-order valence-electron chi connectivity index (χ1n) is 12.7. The molecule has 1 amide bonds. The number of amides is 1. The van der Waals surface area contributed by atoms with Crippen molar-refractivity contribution in [2.75, 3.05) is 27.2 Å². The lowest BCUT2D eigenvalue weighted by molar-refractivity contribution is -0.835. The molecule has 3 atom stereocenters. The Morgan fingerprint density at radius 3 is 2.23 bits per heavy atom. The van der Waals surface area contributed by atoms with Crippen molar-refractivity contribution in [2.24, 2.45) is 5.92 Å². The number of aromatic nitrogens is 2. The third-order valence-electron chi connectivity index (χ3n) is 6.28. The van der Waals surface area contributed by atoms with Crippen molar-refractivity contribution >= 4 is 16.1 Å². The standard InChI is InChI=1S/C28H36N4O6S/c1-21(2)17-32(39(35,36)25-12-10-24(37-4)11-13-25)18-27(33)26(14-22-8-6-5-7-9-22)31(3)28(34)38-19-23-15-29-20-30-16-23/h5-13,15-16,20-21,26-27,33H,14,17-19H2,1-4H3/p+1/t26-,27+/m0/s1. The first-order chi connectivity index (χ1) is 18.6. The number of methoxy groups -OCH3 is 1. The summed E-state index contributed by atoms with van der Waals surface area (Å²) in [5.41, 5.74) is 1.53. The van der Waals surface area contributed by atoms with Gasteiger partial charge in [-0.05, 0) is 35.7 Å². The van der Waals surface area contributed by atoms with Gasteiger partial charge >= 0.3 is 6.09 Å². The normalized spacial score (nSPS) is 14.1. The molecule has 3 rings (SSSR count). The van der Waals surface area contributed by atoms with E-state index in [-0.39, 0.29) is 30.5 Å². The van der Waals surface area contributed by atoms with Crippen LogP contribution in [0.4, 0.5) is 4.79 Å². The van der Waals surface area contributed by atoms with Gasteiger partial charge in [-0.2, -0.15) is 9.10 Å². The van der Waals surface area contributed by atoms with Gasteiger partial charge in [0.05, 0.1) is 19.1 Å². The van der Waals surface area contributed by atoms with Gasteiger partial charge in [-0.25, -0.2) is 23.3 Å². The minimum atomic E-state index is -3.94. The molecule has 2 N–H and O–H groups in total. The molecular formula is C28H37N4O6S+. The highest BCUT2D eigenvalue weighted by atomic mass is 32.2. The van der Waals surface area contributed by atoms with E-state index in [4.69, 9.17) is 9.47 Å². The molecule has 0 radical (unpaired) electrons. The molecule has 0 saturated carbocycles. The number of benzene rings is 2. The molecule has 0 aliphatic heterocycles. The predicted octanol–water partition coefficient (Wildman–Crippen LogP) is 1.96. The van der Waals surface area contributed by atoms with Crippen molar-refractivity contribution in [3.8, 4) is 5.75 Å². The van der Waals surface area contributed by atoms with E-state index in [0.717, 1.165) is 5.56 Å². The van der Waals surface area contributed by atoms with Crippen LogP contribution in [0.1, 0.15) is 25.0 Å². The van der Waals surface area contributed by atoms with Crippen LogP contribution in [0.3, 0.4) is 0 Å². The van der Waals surface area contributed by atoms with Crippen molar-refractivity contribution in [1.82, 2.24) is 14.3 Å². The monoisotopic (exact) mass is 557 g/mol. The lowest BCUT2D eigenvalue weighted by atomic mass is 10.00. The van der Waals surface area contributed by atoms with Crippen molar-refractivity contribution in [2.45, 2.75) is 43.9 Å². The molecule has 11 heteroatoms. The minimum Gasteiger partial charge on any atom is -0.497 e. The molecule has 210 valence electrons. The Kier molecular flexibility index (Phi) is 10.9. The Balaban J connectivity index is 1.84. The fraction of sp³-hybridized carbons (Fsp3) is 0.393. The van der Waals surface area contributed by atoms with Gasteiger partial charge in [0, 0.05) is 37.5 Å². The zero-order valence-electron chi connectivity index (χ0n) is 22.7. The summed E-state index contributed by atoms with van der Waals surface area (Å²) in [5, 5.41) is 11.5. The molecule has 0 saturated heterocycles. The summed E-state index contributed by atoms with van der Waals surface area (Å²) < 4.78 is 39.1. The number of alkyl carbamates (subject to hydrolysis) is 2. The quantitative estimate of drug-likeness (QED) is 0.327. The number of carbonyl (C=O) groups is 1. The molecule has 0 aliphatic rings. The zero-order chi connectivity index (χ0) is 28.4. The number of aliphatic hydroxyl groups is 1. The van der Waals surface area contributed by atoms with E-state index in [2.05, 4.69) is 9.97 Å². The number of quaternary nitrogens is 1. The van der Waals surface area contributed by atoms with Gasteiger partial charge < -0.3 is 14.6 Å². The Morgan fingerprint density at radius 1 is 1.00 bits per heavy atom. The van der Waals surface area contributed by atoms with E-state index in [1.807, 2.05) is 44.2 Å². The van der Waals surface area contributed by atoms with E-state index >= 15 is 0 Å². The van der Waals surface area contributed by atoms with Crippen LogP contribution in [0, 0.1) is 5.92 Å². The topological polar surface area (TPSA) is 123 Å². The highest BCUT2D eigenvalue weighted by Crippen LogP contribution is 2.21. The summed E-state index contributed by atoms with van der Waals surface area (Å²) in [6, 6.07) is 14.9. The van der Waals surface area contributed by atoms with Crippen LogP contribution >= 0.6 is 0 Å². The molecule has 1 aromatic heterocycles. The maximum Gasteiger partial charge on any atom is 0.514 e.